The van der Waals surface area contributed by atoms with E-state index in [1.807, 2.05) is 19.9 Å². The molecule has 4 N–H and O–H groups in total. The van der Waals surface area contributed by atoms with Crippen molar-refractivity contribution >= 4 is 21.8 Å². The molecule has 0 saturated carbocycles. The zero-order valence-electron chi connectivity index (χ0n) is 10.6. The highest BCUT2D eigenvalue weighted by molar-refractivity contribution is 9.10. The minimum absolute atomic E-state index is 0.00292. The van der Waals surface area contributed by atoms with Crippen LogP contribution in [0.1, 0.15) is 38.3 Å². The summed E-state index contributed by atoms with van der Waals surface area (Å²) in [5, 5.41) is 13.2. The van der Waals surface area contributed by atoms with E-state index in [1.54, 1.807) is 12.1 Å². The molecular formula is C13H19BrN2O2. The average Bonchev–Trinajstić information content (AvgIpc) is 2.28. The van der Waals surface area contributed by atoms with Crippen LogP contribution in [0.2, 0.25) is 0 Å². The smallest absolute Gasteiger partial charge is 0.218 e. The number of carbonyl (C=O) groups excluding carboxylic acids is 1. The van der Waals surface area contributed by atoms with Crippen LogP contribution in [0.3, 0.4) is 0 Å². The number of rotatable bonds is 6. The highest BCUT2D eigenvalue weighted by Gasteiger charge is 2.17. The Kier molecular flexibility index (Phi) is 5.62. The van der Waals surface area contributed by atoms with Gasteiger partial charge >= 0.3 is 0 Å². The molecule has 18 heavy (non-hydrogen) atoms. The number of phenols is 1. The third-order valence-electron chi connectivity index (χ3n) is 2.77. The number of halogens is 1. The molecule has 100 valence electrons. The maximum absolute atomic E-state index is 10.9. The van der Waals surface area contributed by atoms with Crippen molar-refractivity contribution in [3.8, 4) is 5.75 Å². The number of primary amides is 1. The first-order valence-corrected chi connectivity index (χ1v) is 6.76. The second kappa shape index (κ2) is 6.75. The standard InChI is InChI=1S/C13H19BrN2O2/c1-3-11(16-8(2)6-13(15)18)10-7-9(14)4-5-12(10)17/h4-5,7-8,11,16-17H,3,6H2,1-2H3,(H2,15,18). The topological polar surface area (TPSA) is 75.3 Å². The lowest BCUT2D eigenvalue weighted by Gasteiger charge is -2.23. The summed E-state index contributed by atoms with van der Waals surface area (Å²) in [5.74, 6) is -0.0767. The summed E-state index contributed by atoms with van der Waals surface area (Å²) in [6.45, 7) is 3.93. The van der Waals surface area contributed by atoms with Crippen molar-refractivity contribution in [3.63, 3.8) is 0 Å². The van der Waals surface area contributed by atoms with Crippen molar-refractivity contribution in [2.75, 3.05) is 0 Å². The first-order valence-electron chi connectivity index (χ1n) is 5.96. The van der Waals surface area contributed by atoms with Crippen molar-refractivity contribution in [1.82, 2.24) is 5.32 Å². The fourth-order valence-corrected chi connectivity index (χ4v) is 2.31. The highest BCUT2D eigenvalue weighted by Crippen LogP contribution is 2.29. The van der Waals surface area contributed by atoms with E-state index in [0.29, 0.717) is 0 Å². The maximum atomic E-state index is 10.9. The summed E-state index contributed by atoms with van der Waals surface area (Å²) in [4.78, 5) is 10.9. The van der Waals surface area contributed by atoms with E-state index < -0.39 is 0 Å². The van der Waals surface area contributed by atoms with Gasteiger partial charge < -0.3 is 16.2 Å². The van der Waals surface area contributed by atoms with Gasteiger partial charge in [-0.15, -0.1) is 0 Å². The van der Waals surface area contributed by atoms with Crippen LogP contribution in [-0.2, 0) is 4.79 Å². The van der Waals surface area contributed by atoms with E-state index >= 15 is 0 Å². The van der Waals surface area contributed by atoms with Gasteiger partial charge in [-0.05, 0) is 31.5 Å². The van der Waals surface area contributed by atoms with Gasteiger partial charge in [0.25, 0.3) is 0 Å². The molecule has 5 heteroatoms. The van der Waals surface area contributed by atoms with Gasteiger partial charge in [-0.3, -0.25) is 4.79 Å². The molecule has 2 unspecified atom stereocenters. The number of aromatic hydroxyl groups is 1. The third-order valence-corrected chi connectivity index (χ3v) is 3.26. The second-order valence-electron chi connectivity index (χ2n) is 4.40. The first-order chi connectivity index (χ1) is 8.43. The molecule has 0 fully saturated rings. The number of hydrogen-bond acceptors (Lipinski definition) is 3. The number of carbonyl (C=O) groups is 1. The van der Waals surface area contributed by atoms with E-state index in [0.717, 1.165) is 16.5 Å². The van der Waals surface area contributed by atoms with E-state index in [1.165, 1.54) is 0 Å². The summed E-state index contributed by atoms with van der Waals surface area (Å²) in [6, 6.07) is 5.30. The lowest BCUT2D eigenvalue weighted by molar-refractivity contribution is -0.118. The van der Waals surface area contributed by atoms with Crippen LogP contribution in [0.25, 0.3) is 0 Å². The minimum Gasteiger partial charge on any atom is -0.508 e. The van der Waals surface area contributed by atoms with Crippen LogP contribution in [-0.4, -0.2) is 17.1 Å². The van der Waals surface area contributed by atoms with Crippen molar-refractivity contribution in [2.45, 2.75) is 38.8 Å². The molecule has 0 aliphatic heterocycles. The Bertz CT molecular complexity index is 423. The molecule has 0 aliphatic carbocycles. The van der Waals surface area contributed by atoms with Crippen LogP contribution in [0.15, 0.2) is 22.7 Å². The monoisotopic (exact) mass is 314 g/mol. The number of phenolic OH excluding ortho intramolecular Hbond substituents is 1. The number of hydrogen-bond donors (Lipinski definition) is 3. The molecular weight excluding hydrogens is 296 g/mol. The van der Waals surface area contributed by atoms with Crippen LogP contribution in [0.4, 0.5) is 0 Å². The lowest BCUT2D eigenvalue weighted by atomic mass is 10.0. The van der Waals surface area contributed by atoms with Crippen LogP contribution < -0.4 is 11.1 Å². The molecule has 0 spiro atoms. The van der Waals surface area contributed by atoms with Crippen molar-refractivity contribution in [3.05, 3.63) is 28.2 Å². The minimum atomic E-state index is -0.330. The Morgan fingerprint density at radius 3 is 2.78 bits per heavy atom. The number of benzene rings is 1. The van der Waals surface area contributed by atoms with Crippen LogP contribution >= 0.6 is 15.9 Å². The van der Waals surface area contributed by atoms with Gasteiger partial charge in [0.1, 0.15) is 5.75 Å². The summed E-state index contributed by atoms with van der Waals surface area (Å²) < 4.78 is 0.915. The highest BCUT2D eigenvalue weighted by atomic mass is 79.9. The molecule has 1 aromatic rings. The molecule has 2 atom stereocenters. The van der Waals surface area contributed by atoms with E-state index in [2.05, 4.69) is 21.2 Å². The van der Waals surface area contributed by atoms with Gasteiger partial charge in [-0.2, -0.15) is 0 Å². The van der Waals surface area contributed by atoms with Crippen molar-refractivity contribution < 1.29 is 9.90 Å². The summed E-state index contributed by atoms with van der Waals surface area (Å²) in [5.41, 5.74) is 5.99. The molecule has 0 aromatic heterocycles. The fraction of sp³-hybridized carbons (Fsp3) is 0.462. The van der Waals surface area contributed by atoms with Gasteiger partial charge in [0.15, 0.2) is 0 Å². The molecule has 0 aliphatic rings. The summed E-state index contributed by atoms with van der Waals surface area (Å²) in [6.07, 6.45) is 1.10. The number of amides is 1. The van der Waals surface area contributed by atoms with Crippen LogP contribution in [0.5, 0.6) is 5.75 Å². The van der Waals surface area contributed by atoms with Crippen molar-refractivity contribution in [1.29, 1.82) is 0 Å². The second-order valence-corrected chi connectivity index (χ2v) is 5.32. The quantitative estimate of drug-likeness (QED) is 0.755. The van der Waals surface area contributed by atoms with E-state index in [9.17, 15) is 9.90 Å². The molecule has 1 aromatic carbocycles. The normalized spacial score (nSPS) is 14.2. The average molecular weight is 315 g/mol. The number of nitrogens with two attached hydrogens (primary N) is 1. The summed E-state index contributed by atoms with van der Waals surface area (Å²) >= 11 is 3.39. The molecule has 0 heterocycles. The summed E-state index contributed by atoms with van der Waals surface area (Å²) in [7, 11) is 0. The zero-order chi connectivity index (χ0) is 13.7. The Labute approximate surface area is 116 Å². The van der Waals surface area contributed by atoms with Gasteiger partial charge in [0, 0.05) is 28.5 Å². The zero-order valence-corrected chi connectivity index (χ0v) is 12.2. The lowest BCUT2D eigenvalue weighted by Crippen LogP contribution is -2.33. The maximum Gasteiger partial charge on any atom is 0.218 e. The Balaban J connectivity index is 2.82. The Hall–Kier alpha value is -1.07. The largest absolute Gasteiger partial charge is 0.508 e. The number of nitrogens with one attached hydrogen (secondary N) is 1. The fourth-order valence-electron chi connectivity index (χ4n) is 1.94. The van der Waals surface area contributed by atoms with E-state index in [-0.39, 0.29) is 30.2 Å². The van der Waals surface area contributed by atoms with Gasteiger partial charge in [-0.25, -0.2) is 0 Å². The predicted molar refractivity (Wildman–Crippen MR) is 75.2 cm³/mol. The van der Waals surface area contributed by atoms with Gasteiger partial charge in [0.05, 0.1) is 0 Å². The molecule has 0 saturated heterocycles. The van der Waals surface area contributed by atoms with Crippen LogP contribution in [0, 0.1) is 0 Å². The van der Waals surface area contributed by atoms with Gasteiger partial charge in [0.2, 0.25) is 5.91 Å². The molecule has 0 bridgehead atoms. The Morgan fingerprint density at radius 2 is 2.22 bits per heavy atom. The first kappa shape index (κ1) is 15.0. The Morgan fingerprint density at radius 1 is 1.56 bits per heavy atom. The SMILES string of the molecule is CCC(NC(C)CC(N)=O)c1cc(Br)ccc1O. The van der Waals surface area contributed by atoms with Gasteiger partial charge in [-0.1, -0.05) is 22.9 Å². The van der Waals surface area contributed by atoms with Crippen molar-refractivity contribution in [2.24, 2.45) is 5.73 Å². The molecule has 4 nitrogen and oxygen atoms in total. The van der Waals surface area contributed by atoms with E-state index in [4.69, 9.17) is 5.73 Å². The predicted octanol–water partition coefficient (Wildman–Crippen LogP) is 2.46. The molecule has 1 rings (SSSR count). The molecule has 0 radical (unpaired) electrons. The third kappa shape index (κ3) is 4.31. The molecule has 1 amide bonds.